The van der Waals surface area contributed by atoms with Crippen LogP contribution in [0.3, 0.4) is 0 Å². The second-order valence-electron chi connectivity index (χ2n) is 5.59. The van der Waals surface area contributed by atoms with Gasteiger partial charge in [-0.05, 0) is 30.3 Å². The zero-order chi connectivity index (χ0) is 20.5. The van der Waals surface area contributed by atoms with Gasteiger partial charge in [-0.3, -0.25) is 14.5 Å². The number of methoxy groups -OCH3 is 2. The van der Waals surface area contributed by atoms with Crippen molar-refractivity contribution >= 4 is 34.7 Å². The van der Waals surface area contributed by atoms with E-state index in [0.29, 0.717) is 40.7 Å². The van der Waals surface area contributed by atoms with E-state index in [4.69, 9.17) is 9.47 Å². The molecule has 0 aliphatic rings. The fourth-order valence-electron chi connectivity index (χ4n) is 2.38. The lowest BCUT2D eigenvalue weighted by Gasteiger charge is -2.13. The Morgan fingerprint density at radius 1 is 1.25 bits per heavy atom. The first-order valence-electron chi connectivity index (χ1n) is 8.42. The number of aromatic nitrogens is 1. The molecule has 148 valence electrons. The van der Waals surface area contributed by atoms with Gasteiger partial charge in [-0.15, -0.1) is 0 Å². The number of rotatable bonds is 10. The number of carbonyl (C=O) groups is 1. The first kappa shape index (κ1) is 21.3. The van der Waals surface area contributed by atoms with Crippen LogP contribution in [0.4, 0.5) is 5.69 Å². The molecule has 8 heteroatoms. The van der Waals surface area contributed by atoms with Crippen LogP contribution >= 0.6 is 0 Å². The molecule has 1 unspecified atom stereocenters. The summed E-state index contributed by atoms with van der Waals surface area (Å²) in [5.41, 5.74) is 2.35. The number of carbonyl (C=O) groups excluding carboxylic acids is 1. The maximum absolute atomic E-state index is 12.9. The van der Waals surface area contributed by atoms with E-state index in [1.807, 2.05) is 0 Å². The van der Waals surface area contributed by atoms with Crippen molar-refractivity contribution in [3.8, 4) is 5.75 Å². The average molecular weight is 401 g/mol. The molecule has 0 aliphatic heterocycles. The van der Waals surface area contributed by atoms with Crippen LogP contribution < -0.4 is 14.8 Å². The summed E-state index contributed by atoms with van der Waals surface area (Å²) < 4.78 is 26.0. The summed E-state index contributed by atoms with van der Waals surface area (Å²) in [5.74, 6) is 0.114. The number of anilines is 1. The molecule has 0 saturated heterocycles. The second-order valence-corrected chi connectivity index (χ2v) is 6.77. The molecule has 0 bridgehead atoms. The summed E-state index contributed by atoms with van der Waals surface area (Å²) in [6, 6.07) is 6.51. The van der Waals surface area contributed by atoms with Crippen molar-refractivity contribution in [3.63, 3.8) is 0 Å². The summed E-state index contributed by atoms with van der Waals surface area (Å²) >= 11 is 0. The van der Waals surface area contributed by atoms with Crippen LogP contribution in [0.1, 0.15) is 21.6 Å². The van der Waals surface area contributed by atoms with Crippen molar-refractivity contribution in [1.29, 1.82) is 0 Å². The van der Waals surface area contributed by atoms with E-state index in [9.17, 15) is 9.00 Å². The number of benzene rings is 1. The number of hydrogen-bond acceptors (Lipinski definition) is 5. The summed E-state index contributed by atoms with van der Waals surface area (Å²) in [6.07, 6.45) is 4.81. The van der Waals surface area contributed by atoms with Gasteiger partial charge in [0.15, 0.2) is 11.0 Å². The van der Waals surface area contributed by atoms with Crippen LogP contribution in [0.25, 0.3) is 12.2 Å². The van der Waals surface area contributed by atoms with Crippen LogP contribution in [0.2, 0.25) is 0 Å². The fourth-order valence-corrected chi connectivity index (χ4v) is 3.38. The Hall–Kier alpha value is -2.97. The summed E-state index contributed by atoms with van der Waals surface area (Å²) in [7, 11) is 1.35. The van der Waals surface area contributed by atoms with Gasteiger partial charge in [-0.25, -0.2) is 4.21 Å². The van der Waals surface area contributed by atoms with Gasteiger partial charge in [0.05, 0.1) is 31.3 Å². The number of nitrogens with one attached hydrogen (secondary N) is 2. The molecule has 2 N–H and O–H groups in total. The molecule has 0 radical (unpaired) electrons. The number of amides is 1. The highest BCUT2D eigenvalue weighted by Gasteiger charge is 2.16. The topological polar surface area (TPSA) is 89.6 Å². The zero-order valence-electron chi connectivity index (χ0n) is 15.9. The van der Waals surface area contributed by atoms with Gasteiger partial charge in [0.25, 0.3) is 5.91 Å². The Morgan fingerprint density at radius 2 is 2.04 bits per heavy atom. The Morgan fingerprint density at radius 3 is 2.68 bits per heavy atom. The third-order valence-electron chi connectivity index (χ3n) is 3.79. The van der Waals surface area contributed by atoms with Crippen LogP contribution in [-0.4, -0.2) is 42.5 Å². The second kappa shape index (κ2) is 10.4. The van der Waals surface area contributed by atoms with Crippen LogP contribution in [0.5, 0.6) is 5.75 Å². The largest absolute Gasteiger partial charge is 0.495 e. The van der Waals surface area contributed by atoms with E-state index >= 15 is 0 Å². The van der Waals surface area contributed by atoms with Crippen molar-refractivity contribution in [3.05, 3.63) is 60.4 Å². The number of ether oxygens (including phenoxy) is 2. The quantitative estimate of drug-likeness (QED) is 0.598. The van der Waals surface area contributed by atoms with Crippen molar-refractivity contribution in [2.45, 2.75) is 4.90 Å². The minimum Gasteiger partial charge on any atom is -0.495 e. The highest BCUT2D eigenvalue weighted by molar-refractivity contribution is 7.86. The fraction of sp³-hybridized carbons (Fsp3) is 0.200. The smallest absolute Gasteiger partial charge is 0.251 e. The van der Waals surface area contributed by atoms with E-state index in [-0.39, 0.29) is 5.91 Å². The predicted molar refractivity (Wildman–Crippen MR) is 112 cm³/mol. The molecule has 28 heavy (non-hydrogen) atoms. The van der Waals surface area contributed by atoms with Crippen LogP contribution in [-0.2, 0) is 15.7 Å². The third kappa shape index (κ3) is 5.28. The summed E-state index contributed by atoms with van der Waals surface area (Å²) in [4.78, 5) is 16.8. The minimum atomic E-state index is -1.68. The highest BCUT2D eigenvalue weighted by Crippen LogP contribution is 2.25. The zero-order valence-corrected chi connectivity index (χ0v) is 16.7. The SMILES string of the molecule is C=Cc1cc(NS(=O)c2cc(C(=O)NCCOC)ccc2OC)cnc1C=C. The molecular weight excluding hydrogens is 378 g/mol. The molecular formula is C20H23N3O4S. The average Bonchev–Trinajstić information content (AvgIpc) is 2.73. The predicted octanol–water partition coefficient (Wildman–Crippen LogP) is 2.89. The van der Waals surface area contributed by atoms with Gasteiger partial charge < -0.3 is 14.8 Å². The third-order valence-corrected chi connectivity index (χ3v) is 4.93. The van der Waals surface area contributed by atoms with Crippen molar-refractivity contribution in [1.82, 2.24) is 10.3 Å². The van der Waals surface area contributed by atoms with Gasteiger partial charge >= 0.3 is 0 Å². The molecule has 0 fully saturated rings. The lowest BCUT2D eigenvalue weighted by molar-refractivity contribution is 0.0937. The molecule has 1 heterocycles. The van der Waals surface area contributed by atoms with Crippen molar-refractivity contribution in [2.75, 3.05) is 32.1 Å². The van der Waals surface area contributed by atoms with Gasteiger partial charge in [-0.2, -0.15) is 0 Å². The molecule has 2 aromatic rings. The molecule has 0 saturated carbocycles. The summed E-state index contributed by atoms with van der Waals surface area (Å²) in [6.45, 7) is 8.23. The van der Waals surface area contributed by atoms with Gasteiger partial charge in [-0.1, -0.05) is 19.2 Å². The van der Waals surface area contributed by atoms with Crippen LogP contribution in [0.15, 0.2) is 48.5 Å². The van der Waals surface area contributed by atoms with E-state index < -0.39 is 11.0 Å². The maximum atomic E-state index is 12.9. The van der Waals surface area contributed by atoms with Gasteiger partial charge in [0, 0.05) is 24.8 Å². The first-order valence-corrected chi connectivity index (χ1v) is 9.57. The van der Waals surface area contributed by atoms with E-state index in [0.717, 1.165) is 5.56 Å². The lowest BCUT2D eigenvalue weighted by Crippen LogP contribution is -2.27. The Kier molecular flexibility index (Phi) is 7.91. The minimum absolute atomic E-state index is 0.288. The molecule has 1 aromatic heterocycles. The Labute approximate surface area is 167 Å². The monoisotopic (exact) mass is 401 g/mol. The first-order chi connectivity index (χ1) is 13.5. The molecule has 1 atom stereocenters. The molecule has 1 amide bonds. The lowest BCUT2D eigenvalue weighted by atomic mass is 10.2. The Balaban J connectivity index is 2.26. The maximum Gasteiger partial charge on any atom is 0.251 e. The summed E-state index contributed by atoms with van der Waals surface area (Å²) in [5, 5.41) is 2.73. The number of hydrogen-bond donors (Lipinski definition) is 2. The van der Waals surface area contributed by atoms with Gasteiger partial charge in [0.1, 0.15) is 10.6 Å². The van der Waals surface area contributed by atoms with Crippen LogP contribution in [0, 0.1) is 0 Å². The number of pyridine rings is 1. The molecule has 0 aliphatic carbocycles. The Bertz CT molecular complexity index is 899. The molecule has 1 aromatic carbocycles. The highest BCUT2D eigenvalue weighted by atomic mass is 32.2. The molecule has 7 nitrogen and oxygen atoms in total. The van der Waals surface area contributed by atoms with Crippen molar-refractivity contribution in [2.24, 2.45) is 0 Å². The van der Waals surface area contributed by atoms with E-state index in [1.165, 1.54) is 13.2 Å². The molecule has 2 rings (SSSR count). The number of nitrogens with zero attached hydrogens (tertiary/aromatic N) is 1. The molecule has 0 spiro atoms. The van der Waals surface area contributed by atoms with Crippen molar-refractivity contribution < 1.29 is 18.5 Å². The van der Waals surface area contributed by atoms with E-state index in [2.05, 4.69) is 28.2 Å². The van der Waals surface area contributed by atoms with Gasteiger partial charge in [0.2, 0.25) is 0 Å². The standard InChI is InChI=1S/C20H23N3O4S/c1-5-14-11-16(13-22-17(14)6-2)23-28(25)19-12-15(7-8-18(19)27-4)20(24)21-9-10-26-3/h5-8,11-13,23H,1-2,9-10H2,3-4H3,(H,21,24). The normalized spacial score (nSPS) is 11.4. The van der Waals surface area contributed by atoms with E-state index in [1.54, 1.807) is 43.7 Å².